The van der Waals surface area contributed by atoms with Gasteiger partial charge in [0.1, 0.15) is 5.52 Å². The van der Waals surface area contributed by atoms with E-state index in [1.807, 2.05) is 23.7 Å². The maximum Gasteiger partial charge on any atom is 0.152 e. The van der Waals surface area contributed by atoms with Crippen LogP contribution < -0.4 is 5.32 Å². The first-order valence-corrected chi connectivity index (χ1v) is 7.97. The van der Waals surface area contributed by atoms with Crippen molar-refractivity contribution >= 4 is 11.3 Å². The first-order chi connectivity index (χ1) is 11.2. The van der Waals surface area contributed by atoms with E-state index in [2.05, 4.69) is 58.5 Å². The molecule has 0 aliphatic carbocycles. The summed E-state index contributed by atoms with van der Waals surface area (Å²) in [7, 11) is 2.14. The molecule has 2 heterocycles. The summed E-state index contributed by atoms with van der Waals surface area (Å²) in [5, 5.41) is 7.84. The van der Waals surface area contributed by atoms with E-state index in [1.54, 1.807) is 6.20 Å². The number of aromatic nitrogens is 3. The molecule has 0 bridgehead atoms. The van der Waals surface area contributed by atoms with Gasteiger partial charge in [-0.1, -0.05) is 31.2 Å². The van der Waals surface area contributed by atoms with Gasteiger partial charge in [0.05, 0.1) is 5.69 Å². The molecule has 5 nitrogen and oxygen atoms in total. The summed E-state index contributed by atoms with van der Waals surface area (Å²) in [6, 6.07) is 10.7. The number of nitrogens with zero attached hydrogens (tertiary/aromatic N) is 4. The Labute approximate surface area is 137 Å². The summed E-state index contributed by atoms with van der Waals surface area (Å²) in [5.74, 6) is 0.865. The maximum atomic E-state index is 4.44. The second-order valence-corrected chi connectivity index (χ2v) is 5.90. The Balaban J connectivity index is 1.73. The number of rotatable bonds is 6. The van der Waals surface area contributed by atoms with Gasteiger partial charge in [0.25, 0.3) is 0 Å². The van der Waals surface area contributed by atoms with Crippen LogP contribution in [0.15, 0.2) is 42.7 Å². The Hall–Kier alpha value is -2.40. The number of hydrogen-bond acceptors (Lipinski definition) is 4. The third-order valence-corrected chi connectivity index (χ3v) is 3.96. The quantitative estimate of drug-likeness (QED) is 0.760. The molecule has 2 aromatic heterocycles. The highest BCUT2D eigenvalue weighted by Crippen LogP contribution is 2.16. The van der Waals surface area contributed by atoms with E-state index < -0.39 is 0 Å². The van der Waals surface area contributed by atoms with Crippen LogP contribution in [0, 0.1) is 6.92 Å². The average molecular weight is 309 g/mol. The van der Waals surface area contributed by atoms with Crippen molar-refractivity contribution in [1.82, 2.24) is 19.5 Å². The minimum Gasteiger partial charge on any atom is -0.364 e. The number of hydrogen-bond donors (Lipinski definition) is 1. The molecule has 0 saturated heterocycles. The van der Waals surface area contributed by atoms with E-state index in [0.717, 1.165) is 36.7 Å². The van der Waals surface area contributed by atoms with Crippen molar-refractivity contribution in [3.63, 3.8) is 0 Å². The van der Waals surface area contributed by atoms with Crippen LogP contribution in [0.2, 0.25) is 0 Å². The number of benzene rings is 1. The van der Waals surface area contributed by atoms with Crippen molar-refractivity contribution < 1.29 is 0 Å². The number of anilines is 1. The van der Waals surface area contributed by atoms with Crippen LogP contribution in [-0.2, 0) is 13.1 Å². The fourth-order valence-electron chi connectivity index (χ4n) is 2.63. The third-order valence-electron chi connectivity index (χ3n) is 3.96. The summed E-state index contributed by atoms with van der Waals surface area (Å²) in [6.07, 6.45) is 3.64. The molecule has 0 spiro atoms. The van der Waals surface area contributed by atoms with Crippen LogP contribution in [0.5, 0.6) is 0 Å². The van der Waals surface area contributed by atoms with Gasteiger partial charge in [0.15, 0.2) is 5.82 Å². The van der Waals surface area contributed by atoms with Crippen molar-refractivity contribution in [2.75, 3.05) is 18.9 Å². The average Bonchev–Trinajstić information content (AvgIpc) is 2.94. The molecule has 23 heavy (non-hydrogen) atoms. The molecule has 0 radical (unpaired) electrons. The van der Waals surface area contributed by atoms with Gasteiger partial charge in [-0.05, 0) is 37.7 Å². The van der Waals surface area contributed by atoms with Gasteiger partial charge in [-0.3, -0.25) is 0 Å². The second-order valence-electron chi connectivity index (χ2n) is 5.90. The number of fused-ring (bicyclic) bond motifs is 1. The van der Waals surface area contributed by atoms with Crippen LogP contribution >= 0.6 is 0 Å². The fourth-order valence-corrected chi connectivity index (χ4v) is 2.63. The summed E-state index contributed by atoms with van der Waals surface area (Å²) < 4.78 is 1.86. The SMILES string of the molecule is CCN(C)Cc1cccc(CNc2nccn3nc(C)cc23)c1. The predicted molar refractivity (Wildman–Crippen MR) is 93.5 cm³/mol. The van der Waals surface area contributed by atoms with Crippen molar-refractivity contribution in [1.29, 1.82) is 0 Å². The van der Waals surface area contributed by atoms with Crippen molar-refractivity contribution in [2.45, 2.75) is 26.9 Å². The second kappa shape index (κ2) is 6.79. The highest BCUT2D eigenvalue weighted by molar-refractivity contribution is 5.67. The Morgan fingerprint density at radius 3 is 2.87 bits per heavy atom. The highest BCUT2D eigenvalue weighted by atomic mass is 15.2. The Kier molecular flexibility index (Phi) is 4.57. The molecule has 0 saturated carbocycles. The third kappa shape index (κ3) is 3.68. The van der Waals surface area contributed by atoms with E-state index in [1.165, 1.54) is 11.1 Å². The minimum atomic E-state index is 0.751. The highest BCUT2D eigenvalue weighted by Gasteiger charge is 2.05. The lowest BCUT2D eigenvalue weighted by Crippen LogP contribution is -2.16. The van der Waals surface area contributed by atoms with Gasteiger partial charge < -0.3 is 10.2 Å². The lowest BCUT2D eigenvalue weighted by Gasteiger charge is -2.14. The van der Waals surface area contributed by atoms with Gasteiger partial charge in [-0.25, -0.2) is 9.50 Å². The molecular formula is C18H23N5. The largest absolute Gasteiger partial charge is 0.364 e. The predicted octanol–water partition coefficient (Wildman–Crippen LogP) is 3.10. The summed E-state index contributed by atoms with van der Waals surface area (Å²) in [4.78, 5) is 6.73. The smallest absolute Gasteiger partial charge is 0.152 e. The first-order valence-electron chi connectivity index (χ1n) is 7.97. The summed E-state index contributed by atoms with van der Waals surface area (Å²) in [5.41, 5.74) is 4.59. The normalized spacial score (nSPS) is 11.3. The van der Waals surface area contributed by atoms with Crippen LogP contribution in [0.4, 0.5) is 5.82 Å². The van der Waals surface area contributed by atoms with Crippen LogP contribution in [0.25, 0.3) is 5.52 Å². The molecular weight excluding hydrogens is 286 g/mol. The van der Waals surface area contributed by atoms with Gasteiger partial charge >= 0.3 is 0 Å². The van der Waals surface area contributed by atoms with Crippen LogP contribution in [0.1, 0.15) is 23.7 Å². The zero-order chi connectivity index (χ0) is 16.2. The first kappa shape index (κ1) is 15.5. The number of aryl methyl sites for hydroxylation is 1. The maximum absolute atomic E-state index is 4.44. The summed E-state index contributed by atoms with van der Waals surface area (Å²) >= 11 is 0. The van der Waals surface area contributed by atoms with Crippen molar-refractivity contribution in [3.8, 4) is 0 Å². The molecule has 0 fully saturated rings. The topological polar surface area (TPSA) is 45.5 Å². The standard InChI is InChI=1S/C18H23N5/c1-4-22(3)13-16-7-5-6-15(11-16)12-20-18-17-10-14(2)21-23(17)9-8-19-18/h5-11H,4,12-13H2,1-3H3,(H,19,20). The molecule has 5 heteroatoms. The van der Waals surface area contributed by atoms with Gasteiger partial charge in [0.2, 0.25) is 0 Å². The Morgan fingerprint density at radius 2 is 2.04 bits per heavy atom. The van der Waals surface area contributed by atoms with Crippen molar-refractivity contribution in [3.05, 3.63) is 59.5 Å². The zero-order valence-electron chi connectivity index (χ0n) is 14.0. The zero-order valence-corrected chi connectivity index (χ0v) is 14.0. The molecule has 0 unspecified atom stereocenters. The number of nitrogens with one attached hydrogen (secondary N) is 1. The molecule has 1 N–H and O–H groups in total. The van der Waals surface area contributed by atoms with Crippen LogP contribution in [0.3, 0.4) is 0 Å². The molecule has 1 aromatic carbocycles. The molecule has 3 aromatic rings. The van der Waals surface area contributed by atoms with E-state index in [0.29, 0.717) is 0 Å². The Bertz CT molecular complexity index is 793. The van der Waals surface area contributed by atoms with E-state index >= 15 is 0 Å². The molecule has 0 atom stereocenters. The van der Waals surface area contributed by atoms with E-state index in [-0.39, 0.29) is 0 Å². The van der Waals surface area contributed by atoms with Crippen LogP contribution in [-0.4, -0.2) is 33.1 Å². The molecule has 3 rings (SSSR count). The van der Waals surface area contributed by atoms with Crippen molar-refractivity contribution in [2.24, 2.45) is 0 Å². The monoisotopic (exact) mass is 309 g/mol. The molecule has 0 aliphatic rings. The fraction of sp³-hybridized carbons (Fsp3) is 0.333. The van der Waals surface area contributed by atoms with Gasteiger partial charge in [-0.15, -0.1) is 0 Å². The molecule has 0 amide bonds. The van der Waals surface area contributed by atoms with E-state index in [9.17, 15) is 0 Å². The minimum absolute atomic E-state index is 0.751. The lowest BCUT2D eigenvalue weighted by atomic mass is 10.1. The molecule has 0 aliphatic heterocycles. The summed E-state index contributed by atoms with van der Waals surface area (Å²) in [6.45, 7) is 6.94. The molecule has 120 valence electrons. The van der Waals surface area contributed by atoms with Gasteiger partial charge in [-0.2, -0.15) is 5.10 Å². The lowest BCUT2D eigenvalue weighted by molar-refractivity contribution is 0.345. The van der Waals surface area contributed by atoms with E-state index in [4.69, 9.17) is 0 Å². The van der Waals surface area contributed by atoms with Gasteiger partial charge in [0, 0.05) is 25.5 Å². The Morgan fingerprint density at radius 1 is 1.22 bits per heavy atom.